The van der Waals surface area contributed by atoms with Gasteiger partial charge in [-0.2, -0.15) is 0 Å². The Hall–Kier alpha value is -4.53. The molecule has 42 heavy (non-hydrogen) atoms. The van der Waals surface area contributed by atoms with Crippen LogP contribution in [0, 0.1) is 23.7 Å². The summed E-state index contributed by atoms with van der Waals surface area (Å²) in [5.74, 6) is -7.98. The van der Waals surface area contributed by atoms with E-state index in [1.54, 1.807) is 6.07 Å². The van der Waals surface area contributed by atoms with Crippen molar-refractivity contribution in [2.45, 2.75) is 50.4 Å². The van der Waals surface area contributed by atoms with Gasteiger partial charge in [-0.15, -0.1) is 0 Å². The Labute approximate surface area is 240 Å². The highest BCUT2D eigenvalue weighted by atomic mass is 16.2. The predicted octanol–water partition coefficient (Wildman–Crippen LogP) is 2.99. The van der Waals surface area contributed by atoms with Crippen LogP contribution in [0.3, 0.4) is 0 Å². The summed E-state index contributed by atoms with van der Waals surface area (Å²) < 4.78 is 0. The quantitative estimate of drug-likeness (QED) is 0.292. The maximum atomic E-state index is 12.6. The molecule has 2 aromatic carbocycles. The highest BCUT2D eigenvalue weighted by molar-refractivity contribution is 6.68. The molecule has 0 bridgehead atoms. The van der Waals surface area contributed by atoms with Gasteiger partial charge in [-0.05, 0) is 78.7 Å². The van der Waals surface area contributed by atoms with Gasteiger partial charge in [-0.25, -0.2) is 0 Å². The first kappa shape index (κ1) is 27.6. The lowest BCUT2D eigenvalue weighted by Gasteiger charge is -2.32. The van der Waals surface area contributed by atoms with Gasteiger partial charge in [0.2, 0.25) is 28.9 Å². The second-order valence-electron chi connectivity index (χ2n) is 11.9. The number of Topliss-reactive ketones (excluding diaryl/α,β-unsaturated/α-hetero) is 7. The predicted molar refractivity (Wildman–Crippen MR) is 145 cm³/mol. The molecule has 4 aliphatic carbocycles. The van der Waals surface area contributed by atoms with Gasteiger partial charge in [0.05, 0.1) is 0 Å². The third kappa shape index (κ3) is 4.35. The lowest BCUT2D eigenvalue weighted by atomic mass is 9.70. The van der Waals surface area contributed by atoms with E-state index in [0.29, 0.717) is 55.9 Å². The second-order valence-corrected chi connectivity index (χ2v) is 11.9. The van der Waals surface area contributed by atoms with Crippen molar-refractivity contribution < 1.29 is 43.2 Å². The Morgan fingerprint density at radius 1 is 0.595 bits per heavy atom. The van der Waals surface area contributed by atoms with E-state index in [1.165, 1.54) is 12.1 Å². The van der Waals surface area contributed by atoms with Crippen molar-refractivity contribution in [1.29, 1.82) is 0 Å². The molecule has 6 atom stereocenters. The van der Waals surface area contributed by atoms with Gasteiger partial charge in [0.1, 0.15) is 0 Å². The number of ketones is 7. The maximum absolute atomic E-state index is 12.6. The summed E-state index contributed by atoms with van der Waals surface area (Å²) in [4.78, 5) is 109. The zero-order valence-electron chi connectivity index (χ0n) is 22.5. The molecule has 0 heterocycles. The largest absolute Gasteiger partial charge is 0.298 e. The van der Waals surface area contributed by atoms with Crippen LogP contribution < -0.4 is 0 Å². The minimum Gasteiger partial charge on any atom is -0.298 e. The zero-order chi connectivity index (χ0) is 29.9. The third-order valence-electron chi connectivity index (χ3n) is 9.75. The number of aldehydes is 2. The molecular weight excluding hydrogens is 540 g/mol. The average molecular weight is 567 g/mol. The van der Waals surface area contributed by atoms with Crippen LogP contribution in [0.1, 0.15) is 82.2 Å². The molecule has 4 aliphatic rings. The molecule has 2 aromatic rings. The molecule has 6 rings (SSSR count). The molecule has 212 valence electrons. The van der Waals surface area contributed by atoms with Gasteiger partial charge >= 0.3 is 0 Å². The number of benzene rings is 2. The van der Waals surface area contributed by atoms with Crippen LogP contribution in [-0.2, 0) is 33.6 Å². The summed E-state index contributed by atoms with van der Waals surface area (Å²) >= 11 is 0. The SMILES string of the molecule is O=CC(=O)c1cc(-c2cc(C3CCC4C(=O)C(=O)C(=O)C4C3)cc(C3CCC4C(=O)C(=O)C(=O)C4C3)c2)ccc1C=O. The van der Waals surface area contributed by atoms with E-state index < -0.39 is 64.2 Å². The highest BCUT2D eigenvalue weighted by Gasteiger charge is 2.52. The normalized spacial score (nSPS) is 29.0. The Balaban J connectivity index is 1.41. The van der Waals surface area contributed by atoms with Crippen molar-refractivity contribution in [2.24, 2.45) is 23.7 Å². The fourth-order valence-corrected chi connectivity index (χ4v) is 7.50. The van der Waals surface area contributed by atoms with Crippen molar-refractivity contribution in [3.63, 3.8) is 0 Å². The third-order valence-corrected chi connectivity index (χ3v) is 9.75. The van der Waals surface area contributed by atoms with Gasteiger partial charge in [0.15, 0.2) is 12.6 Å². The van der Waals surface area contributed by atoms with Crippen LogP contribution in [-0.4, -0.2) is 53.1 Å². The van der Waals surface area contributed by atoms with Crippen LogP contribution >= 0.6 is 0 Å². The standard InChI is InChI=1S/C33H26O9/c34-13-18-2-1-15(10-24(18)27(36)14-35)19-7-20(16-3-5-22-25(11-16)30(39)32(41)28(22)37)9-21(8-19)17-4-6-23-26(12-17)31(40)33(42)29(23)38/h1-2,7-10,13-14,16-17,22-23,25-26H,3-6,11-12H2. The van der Waals surface area contributed by atoms with E-state index >= 15 is 0 Å². The number of fused-ring (bicyclic) bond motifs is 2. The lowest BCUT2D eigenvalue weighted by Crippen LogP contribution is -2.27. The van der Waals surface area contributed by atoms with E-state index in [-0.39, 0.29) is 29.2 Å². The summed E-state index contributed by atoms with van der Waals surface area (Å²) in [6.45, 7) is 0. The van der Waals surface area contributed by atoms with Crippen molar-refractivity contribution >= 4 is 53.1 Å². The molecule has 6 unspecified atom stereocenters. The number of rotatable bonds is 6. The minimum atomic E-state index is -0.926. The first-order valence-electron chi connectivity index (χ1n) is 14.1. The minimum absolute atomic E-state index is 0.0346. The Morgan fingerprint density at radius 2 is 1.10 bits per heavy atom. The van der Waals surface area contributed by atoms with Crippen molar-refractivity contribution in [3.05, 3.63) is 58.7 Å². The number of carbonyl (C=O) groups excluding carboxylic acids is 9. The van der Waals surface area contributed by atoms with Crippen LogP contribution in [0.5, 0.6) is 0 Å². The van der Waals surface area contributed by atoms with E-state index in [2.05, 4.69) is 0 Å². The topological polar surface area (TPSA) is 154 Å². The van der Waals surface area contributed by atoms with Crippen molar-refractivity contribution in [3.8, 4) is 11.1 Å². The van der Waals surface area contributed by atoms with Crippen LogP contribution in [0.15, 0.2) is 36.4 Å². The molecule has 0 N–H and O–H groups in total. The van der Waals surface area contributed by atoms with Crippen molar-refractivity contribution in [1.82, 2.24) is 0 Å². The molecule has 0 aliphatic heterocycles. The molecule has 0 radical (unpaired) electrons. The van der Waals surface area contributed by atoms with Gasteiger partial charge < -0.3 is 0 Å². The summed E-state index contributed by atoms with van der Waals surface area (Å²) in [6, 6.07) is 10.4. The van der Waals surface area contributed by atoms with E-state index in [1.807, 2.05) is 18.2 Å². The van der Waals surface area contributed by atoms with Crippen LogP contribution in [0.4, 0.5) is 0 Å². The van der Waals surface area contributed by atoms with E-state index in [9.17, 15) is 43.2 Å². The summed E-state index contributed by atoms with van der Waals surface area (Å²) in [6.07, 6.45) is 3.28. The van der Waals surface area contributed by atoms with E-state index in [0.717, 1.165) is 11.1 Å². The highest BCUT2D eigenvalue weighted by Crippen LogP contribution is 2.47. The van der Waals surface area contributed by atoms with E-state index in [4.69, 9.17) is 0 Å². The Morgan fingerprint density at radius 3 is 1.57 bits per heavy atom. The first-order chi connectivity index (χ1) is 20.1. The van der Waals surface area contributed by atoms with Gasteiger partial charge in [-0.1, -0.05) is 30.3 Å². The number of hydrogen-bond donors (Lipinski definition) is 0. The Bertz CT molecular complexity index is 1570. The fourth-order valence-electron chi connectivity index (χ4n) is 7.50. The van der Waals surface area contributed by atoms with Crippen molar-refractivity contribution in [2.75, 3.05) is 0 Å². The number of hydrogen-bond acceptors (Lipinski definition) is 9. The van der Waals surface area contributed by atoms with Crippen LogP contribution in [0.2, 0.25) is 0 Å². The summed E-state index contributed by atoms with van der Waals surface area (Å²) in [7, 11) is 0. The smallest absolute Gasteiger partial charge is 0.264 e. The molecule has 9 nitrogen and oxygen atoms in total. The monoisotopic (exact) mass is 566 g/mol. The lowest BCUT2D eigenvalue weighted by molar-refractivity contribution is -0.141. The zero-order valence-corrected chi connectivity index (χ0v) is 22.5. The van der Waals surface area contributed by atoms with Gasteiger partial charge in [-0.3, -0.25) is 43.2 Å². The number of carbonyl (C=O) groups is 9. The van der Waals surface area contributed by atoms with Crippen LogP contribution in [0.25, 0.3) is 11.1 Å². The molecule has 9 heteroatoms. The molecule has 0 amide bonds. The van der Waals surface area contributed by atoms with Gasteiger partial charge in [0, 0.05) is 34.8 Å². The summed E-state index contributed by atoms with van der Waals surface area (Å²) in [5, 5.41) is 0. The molecule has 0 aromatic heterocycles. The fraction of sp³-hybridized carbons (Fsp3) is 0.364. The molecular formula is C33H26O9. The Kier molecular flexibility index (Phi) is 6.83. The summed E-state index contributed by atoms with van der Waals surface area (Å²) in [5.41, 5.74) is 3.00. The average Bonchev–Trinajstić information content (AvgIpc) is 3.38. The first-order valence-corrected chi connectivity index (χ1v) is 14.1. The molecule has 0 saturated heterocycles. The molecule has 4 fully saturated rings. The van der Waals surface area contributed by atoms with Gasteiger partial charge in [0.25, 0.3) is 11.6 Å². The molecule has 0 spiro atoms. The molecule has 4 saturated carbocycles. The maximum Gasteiger partial charge on any atom is 0.264 e. The second kappa shape index (κ2) is 10.4.